The second kappa shape index (κ2) is 3.94. The van der Waals surface area contributed by atoms with Crippen LogP contribution in [0.5, 0.6) is 0 Å². The standard InChI is InChI=1S/C10H13NO2/c1-4-7(3)6-8-9(5-2)13-10(12)11-8/h4-6H,1-3H3,(H,11,12)/b7-4-,8-6+,9-5+. The SMILES string of the molecule is C\C=C(C)/C=c1/[nH]c(=O)o/c1=C/C. The summed E-state index contributed by atoms with van der Waals surface area (Å²) in [6, 6.07) is 0. The predicted octanol–water partition coefficient (Wildman–Crippen LogP) is 0.515. The second-order valence-electron chi connectivity index (χ2n) is 2.76. The highest BCUT2D eigenvalue weighted by Crippen LogP contribution is 1.89. The molecule has 1 aromatic heterocycles. The number of hydrogen-bond acceptors (Lipinski definition) is 2. The van der Waals surface area contributed by atoms with Crippen molar-refractivity contribution in [2.75, 3.05) is 0 Å². The van der Waals surface area contributed by atoms with Crippen molar-refractivity contribution in [1.82, 2.24) is 4.98 Å². The van der Waals surface area contributed by atoms with E-state index in [1.807, 2.05) is 32.9 Å². The molecule has 0 amide bonds. The Labute approximate surface area is 76.1 Å². The summed E-state index contributed by atoms with van der Waals surface area (Å²) < 4.78 is 4.88. The molecule has 1 rings (SSSR count). The molecule has 0 aliphatic heterocycles. The van der Waals surface area contributed by atoms with E-state index in [4.69, 9.17) is 4.42 Å². The highest BCUT2D eigenvalue weighted by molar-refractivity contribution is 5.43. The molecule has 0 fully saturated rings. The fourth-order valence-corrected chi connectivity index (χ4v) is 0.985. The van der Waals surface area contributed by atoms with Crippen molar-refractivity contribution < 1.29 is 4.42 Å². The maximum absolute atomic E-state index is 10.9. The average molecular weight is 179 g/mol. The molecule has 0 spiro atoms. The third kappa shape index (κ3) is 2.21. The van der Waals surface area contributed by atoms with Crippen molar-refractivity contribution in [3.63, 3.8) is 0 Å². The Hall–Kier alpha value is -1.51. The molecular formula is C10H13NO2. The van der Waals surface area contributed by atoms with Gasteiger partial charge in [0.2, 0.25) is 0 Å². The number of hydrogen-bond donors (Lipinski definition) is 1. The molecule has 0 aromatic carbocycles. The number of allylic oxidation sites excluding steroid dienone is 2. The monoisotopic (exact) mass is 179 g/mol. The first-order valence-electron chi connectivity index (χ1n) is 4.17. The van der Waals surface area contributed by atoms with Gasteiger partial charge in [0.25, 0.3) is 0 Å². The number of aromatic amines is 1. The Morgan fingerprint density at radius 2 is 2.15 bits per heavy atom. The van der Waals surface area contributed by atoms with Gasteiger partial charge in [0.15, 0.2) is 5.42 Å². The number of aromatic nitrogens is 1. The summed E-state index contributed by atoms with van der Waals surface area (Å²) in [5, 5.41) is 0.725. The van der Waals surface area contributed by atoms with Crippen LogP contribution in [0.4, 0.5) is 0 Å². The minimum Gasteiger partial charge on any atom is -0.408 e. The van der Waals surface area contributed by atoms with Crippen LogP contribution in [-0.4, -0.2) is 4.98 Å². The van der Waals surface area contributed by atoms with Crippen LogP contribution in [-0.2, 0) is 0 Å². The molecule has 3 nitrogen and oxygen atoms in total. The minimum atomic E-state index is -0.414. The molecule has 0 saturated carbocycles. The Kier molecular flexibility index (Phi) is 2.90. The molecule has 1 heterocycles. The lowest BCUT2D eigenvalue weighted by Crippen LogP contribution is -2.22. The van der Waals surface area contributed by atoms with Gasteiger partial charge < -0.3 is 4.42 Å². The summed E-state index contributed by atoms with van der Waals surface area (Å²) in [4.78, 5) is 13.5. The van der Waals surface area contributed by atoms with Crippen LogP contribution in [0, 0.1) is 0 Å². The van der Waals surface area contributed by atoms with Gasteiger partial charge in [-0.25, -0.2) is 4.79 Å². The van der Waals surface area contributed by atoms with Crippen molar-refractivity contribution >= 4 is 12.2 Å². The van der Waals surface area contributed by atoms with Gasteiger partial charge in [-0.1, -0.05) is 11.6 Å². The van der Waals surface area contributed by atoms with E-state index in [0.717, 1.165) is 10.9 Å². The van der Waals surface area contributed by atoms with Gasteiger partial charge in [-0.05, 0) is 32.9 Å². The van der Waals surface area contributed by atoms with E-state index in [2.05, 4.69) is 4.98 Å². The first-order chi connectivity index (χ1) is 6.17. The molecule has 3 heteroatoms. The van der Waals surface area contributed by atoms with E-state index in [-0.39, 0.29) is 0 Å². The van der Waals surface area contributed by atoms with Crippen LogP contribution in [0.15, 0.2) is 20.9 Å². The summed E-state index contributed by atoms with van der Waals surface area (Å²) in [7, 11) is 0. The summed E-state index contributed by atoms with van der Waals surface area (Å²) >= 11 is 0. The van der Waals surface area contributed by atoms with Crippen molar-refractivity contribution in [2.45, 2.75) is 20.8 Å². The zero-order valence-corrected chi connectivity index (χ0v) is 8.05. The Morgan fingerprint density at radius 1 is 1.46 bits per heavy atom. The maximum Gasteiger partial charge on any atom is 0.417 e. The quantitative estimate of drug-likeness (QED) is 0.683. The number of rotatable bonds is 1. The first-order valence-corrected chi connectivity index (χ1v) is 4.17. The van der Waals surface area contributed by atoms with Crippen molar-refractivity contribution in [2.24, 2.45) is 0 Å². The highest BCUT2D eigenvalue weighted by atomic mass is 16.4. The predicted molar refractivity (Wildman–Crippen MR) is 52.6 cm³/mol. The van der Waals surface area contributed by atoms with Gasteiger partial charge in [-0.2, -0.15) is 0 Å². The Morgan fingerprint density at radius 3 is 2.69 bits per heavy atom. The van der Waals surface area contributed by atoms with E-state index >= 15 is 0 Å². The molecular weight excluding hydrogens is 166 g/mol. The Bertz CT molecular complexity index is 474. The molecule has 0 radical (unpaired) electrons. The van der Waals surface area contributed by atoms with E-state index < -0.39 is 5.76 Å². The molecule has 70 valence electrons. The molecule has 0 bridgehead atoms. The normalized spacial score (nSPS) is 15.5. The molecule has 0 aliphatic rings. The van der Waals surface area contributed by atoms with Crippen LogP contribution < -0.4 is 16.5 Å². The number of nitrogens with one attached hydrogen (secondary N) is 1. The molecule has 0 unspecified atom stereocenters. The van der Waals surface area contributed by atoms with Gasteiger partial charge in [-0.15, -0.1) is 0 Å². The van der Waals surface area contributed by atoms with Gasteiger partial charge in [0.05, 0.1) is 5.35 Å². The smallest absolute Gasteiger partial charge is 0.408 e. The lowest BCUT2D eigenvalue weighted by atomic mass is 10.2. The first kappa shape index (κ1) is 9.58. The Balaban J connectivity index is 3.46. The van der Waals surface area contributed by atoms with E-state index in [1.165, 1.54) is 0 Å². The van der Waals surface area contributed by atoms with Crippen molar-refractivity contribution in [3.05, 3.63) is 33.0 Å². The van der Waals surface area contributed by atoms with Crippen LogP contribution in [0.1, 0.15) is 20.8 Å². The molecule has 0 saturated heterocycles. The van der Waals surface area contributed by atoms with Crippen LogP contribution in [0.25, 0.3) is 12.2 Å². The minimum absolute atomic E-state index is 0.414. The molecule has 0 aliphatic carbocycles. The van der Waals surface area contributed by atoms with Gasteiger partial charge in [0, 0.05) is 0 Å². The largest absolute Gasteiger partial charge is 0.417 e. The topological polar surface area (TPSA) is 46.0 Å². The highest BCUT2D eigenvalue weighted by Gasteiger charge is 1.92. The van der Waals surface area contributed by atoms with Crippen LogP contribution in [0.3, 0.4) is 0 Å². The van der Waals surface area contributed by atoms with Crippen molar-refractivity contribution in [3.8, 4) is 0 Å². The van der Waals surface area contributed by atoms with Gasteiger partial charge >= 0.3 is 5.76 Å². The van der Waals surface area contributed by atoms with E-state index in [1.54, 1.807) is 6.08 Å². The van der Waals surface area contributed by atoms with Gasteiger partial charge in [-0.3, -0.25) is 4.98 Å². The van der Waals surface area contributed by atoms with E-state index in [0.29, 0.717) is 5.42 Å². The van der Waals surface area contributed by atoms with Crippen LogP contribution in [0.2, 0.25) is 0 Å². The van der Waals surface area contributed by atoms with Crippen molar-refractivity contribution in [1.29, 1.82) is 0 Å². The lowest BCUT2D eigenvalue weighted by Gasteiger charge is -1.83. The molecule has 0 atom stereocenters. The summed E-state index contributed by atoms with van der Waals surface area (Å²) in [5.74, 6) is -0.414. The summed E-state index contributed by atoms with van der Waals surface area (Å²) in [6.07, 6.45) is 5.59. The number of oxazole rings is 1. The third-order valence-corrected chi connectivity index (χ3v) is 1.79. The number of H-pyrrole nitrogens is 1. The zero-order valence-electron chi connectivity index (χ0n) is 8.05. The molecule has 13 heavy (non-hydrogen) atoms. The fraction of sp³-hybridized carbons (Fsp3) is 0.300. The third-order valence-electron chi connectivity index (χ3n) is 1.79. The molecule has 1 aromatic rings. The van der Waals surface area contributed by atoms with Crippen LogP contribution >= 0.6 is 0 Å². The summed E-state index contributed by atoms with van der Waals surface area (Å²) in [5.41, 5.74) is 1.67. The molecule has 1 N–H and O–H groups in total. The summed E-state index contributed by atoms with van der Waals surface area (Å²) in [6.45, 7) is 5.73. The zero-order chi connectivity index (χ0) is 9.84. The van der Waals surface area contributed by atoms with Gasteiger partial charge in [0.1, 0.15) is 0 Å². The lowest BCUT2D eigenvalue weighted by molar-refractivity contribution is 0.485. The van der Waals surface area contributed by atoms with E-state index in [9.17, 15) is 4.79 Å². The average Bonchev–Trinajstić information content (AvgIpc) is 2.46. The fourth-order valence-electron chi connectivity index (χ4n) is 0.985. The maximum atomic E-state index is 10.9. The second-order valence-corrected chi connectivity index (χ2v) is 2.76.